The Labute approximate surface area is 250 Å². The summed E-state index contributed by atoms with van der Waals surface area (Å²) >= 11 is 0. The van der Waals surface area contributed by atoms with Crippen molar-refractivity contribution in [2.45, 2.75) is 58.3 Å². The summed E-state index contributed by atoms with van der Waals surface area (Å²) in [5.41, 5.74) is 1.93. The molecular weight excluding hydrogens is 540 g/mol. The zero-order valence-electron chi connectivity index (χ0n) is 26.2. The fourth-order valence-corrected chi connectivity index (χ4v) is 4.90. The van der Waals surface area contributed by atoms with Crippen LogP contribution in [0, 0.1) is 27.4 Å². The van der Waals surface area contributed by atoms with E-state index in [2.05, 4.69) is 38.8 Å². The number of benzene rings is 2. The quantitative estimate of drug-likeness (QED) is 0.170. The molecule has 0 aliphatic carbocycles. The molecule has 0 bridgehead atoms. The number of methoxy groups -OCH3 is 2. The summed E-state index contributed by atoms with van der Waals surface area (Å²) < 4.78 is 23.6. The molecule has 0 fully saturated rings. The van der Waals surface area contributed by atoms with Gasteiger partial charge in [0.25, 0.3) is 5.09 Å². The Morgan fingerprint density at radius 2 is 1.62 bits per heavy atom. The largest absolute Gasteiger partial charge is 0.493 e. The number of nitrogens with zero attached hydrogens (tertiary/aromatic N) is 4. The monoisotopic (exact) mass is 586 g/mol. The molecule has 11 nitrogen and oxygen atoms in total. The van der Waals surface area contributed by atoms with Gasteiger partial charge in [0.15, 0.2) is 29.1 Å². The van der Waals surface area contributed by atoms with Crippen LogP contribution >= 0.6 is 0 Å². The molecule has 0 N–H and O–H groups in total. The van der Waals surface area contributed by atoms with Crippen molar-refractivity contribution < 1.29 is 28.9 Å². The van der Waals surface area contributed by atoms with Crippen molar-refractivity contribution in [3.05, 3.63) is 57.6 Å². The van der Waals surface area contributed by atoms with Gasteiger partial charge in [-0.1, -0.05) is 32.9 Å². The van der Waals surface area contributed by atoms with E-state index in [0.29, 0.717) is 36.0 Å². The van der Waals surface area contributed by atoms with Gasteiger partial charge in [-0.2, -0.15) is 5.26 Å². The summed E-state index contributed by atoms with van der Waals surface area (Å²) in [6.45, 7) is 7.56. The molecule has 0 saturated carbocycles. The van der Waals surface area contributed by atoms with E-state index in [9.17, 15) is 10.1 Å². The third-order valence-corrected chi connectivity index (χ3v) is 7.00. The summed E-state index contributed by atoms with van der Waals surface area (Å²) in [5.74, 6) is 2.57. The molecule has 0 amide bonds. The molecule has 0 heterocycles. The predicted molar refractivity (Wildman–Crippen MR) is 161 cm³/mol. The van der Waals surface area contributed by atoms with E-state index in [1.165, 1.54) is 0 Å². The maximum absolute atomic E-state index is 10.9. The lowest BCUT2D eigenvalue weighted by molar-refractivity contribution is -0.768. The summed E-state index contributed by atoms with van der Waals surface area (Å²) in [6, 6.07) is 13.7. The summed E-state index contributed by atoms with van der Waals surface area (Å²) in [5, 5.41) is 19.2. The number of likely N-dealkylation sites (N-methyl/N-ethyl adjacent to an activating group) is 2. The lowest BCUT2D eigenvalue weighted by Crippen LogP contribution is -2.47. The van der Waals surface area contributed by atoms with Gasteiger partial charge >= 0.3 is 0 Å². The molecule has 2 rings (SSSR count). The molecule has 3 atom stereocenters. The average Bonchev–Trinajstić information content (AvgIpc) is 2.94. The second kappa shape index (κ2) is 17.3. The van der Waals surface area contributed by atoms with Crippen LogP contribution in [0.2, 0.25) is 0 Å². The first-order valence-corrected chi connectivity index (χ1v) is 14.2. The molecule has 0 aliphatic rings. The lowest BCUT2D eigenvalue weighted by atomic mass is 9.95. The Morgan fingerprint density at radius 3 is 2.19 bits per heavy atom. The van der Waals surface area contributed by atoms with Gasteiger partial charge in [-0.25, -0.2) is 0 Å². The Bertz CT molecular complexity index is 1170. The highest BCUT2D eigenvalue weighted by atomic mass is 17.0. The number of rotatable bonds is 19. The van der Waals surface area contributed by atoms with Gasteiger partial charge in [-0.3, -0.25) is 4.90 Å². The summed E-state index contributed by atoms with van der Waals surface area (Å²) in [7, 11) is 8.90. The standard InChI is InChI=1S/C31H46N4O7/c1-9-26(31(22(2)3)41-28-13-11-23(14-16-32)18-29(28)39-8)34(6)17-15-24-10-12-27(38-7)30(19-24)40-21-25(20-33(4)5)42-35(36)37/h10-13,18-19,22,25-26,31H,9,14-15,17,20-21H2,1-8H3. The topological polar surface area (TPSA) is 120 Å². The molecule has 0 aromatic heterocycles. The van der Waals surface area contributed by atoms with E-state index in [0.717, 1.165) is 30.5 Å². The van der Waals surface area contributed by atoms with Crippen molar-refractivity contribution in [3.63, 3.8) is 0 Å². The molecule has 42 heavy (non-hydrogen) atoms. The van der Waals surface area contributed by atoms with Gasteiger partial charge in [0.05, 0.1) is 26.7 Å². The second-order valence-corrected chi connectivity index (χ2v) is 10.9. The minimum Gasteiger partial charge on any atom is -0.493 e. The fraction of sp³-hybridized carbons (Fsp3) is 0.581. The molecule has 11 heteroatoms. The minimum absolute atomic E-state index is 0.00511. The fourth-order valence-electron chi connectivity index (χ4n) is 4.90. The van der Waals surface area contributed by atoms with Gasteiger partial charge in [0, 0.05) is 19.1 Å². The van der Waals surface area contributed by atoms with Crippen LogP contribution in [0.3, 0.4) is 0 Å². The van der Waals surface area contributed by atoms with Gasteiger partial charge < -0.3 is 28.7 Å². The van der Waals surface area contributed by atoms with Crippen LogP contribution < -0.4 is 18.9 Å². The highest BCUT2D eigenvalue weighted by molar-refractivity contribution is 5.44. The highest BCUT2D eigenvalue weighted by Crippen LogP contribution is 2.32. The minimum atomic E-state index is -0.792. The van der Waals surface area contributed by atoms with Crippen LogP contribution in [0.1, 0.15) is 38.3 Å². The third kappa shape index (κ3) is 10.6. The number of hydrogen-bond donors (Lipinski definition) is 0. The first kappa shape index (κ1) is 34.5. The number of ether oxygens (including phenoxy) is 4. The van der Waals surface area contributed by atoms with Crippen molar-refractivity contribution in [3.8, 4) is 29.1 Å². The first-order chi connectivity index (χ1) is 20.0. The van der Waals surface area contributed by atoms with E-state index in [1.54, 1.807) is 19.1 Å². The van der Waals surface area contributed by atoms with E-state index in [-0.39, 0.29) is 24.7 Å². The Hall–Kier alpha value is -3.75. The Morgan fingerprint density at radius 1 is 0.976 bits per heavy atom. The second-order valence-electron chi connectivity index (χ2n) is 10.9. The van der Waals surface area contributed by atoms with Crippen molar-refractivity contribution >= 4 is 0 Å². The molecule has 0 radical (unpaired) electrons. The van der Waals surface area contributed by atoms with Crippen LogP contribution in [-0.4, -0.2) is 88.2 Å². The normalized spacial score (nSPS) is 13.4. The van der Waals surface area contributed by atoms with Crippen molar-refractivity contribution in [1.82, 2.24) is 9.80 Å². The molecule has 0 aliphatic heterocycles. The predicted octanol–water partition coefficient (Wildman–Crippen LogP) is 4.64. The maximum atomic E-state index is 10.9. The lowest BCUT2D eigenvalue weighted by Gasteiger charge is -2.36. The van der Waals surface area contributed by atoms with Crippen molar-refractivity contribution in [2.75, 3.05) is 55.1 Å². The number of nitriles is 1. The van der Waals surface area contributed by atoms with Crippen molar-refractivity contribution in [2.24, 2.45) is 5.92 Å². The Balaban J connectivity index is 2.15. The van der Waals surface area contributed by atoms with Gasteiger partial charge in [0.2, 0.25) is 0 Å². The average molecular weight is 587 g/mol. The molecule has 3 unspecified atom stereocenters. The highest BCUT2D eigenvalue weighted by Gasteiger charge is 2.29. The van der Waals surface area contributed by atoms with E-state index < -0.39 is 11.2 Å². The van der Waals surface area contributed by atoms with Gasteiger partial charge in [-0.15, -0.1) is 10.1 Å². The molecule has 232 valence electrons. The van der Waals surface area contributed by atoms with Gasteiger partial charge in [-0.05, 0) is 75.3 Å². The van der Waals surface area contributed by atoms with Crippen LogP contribution in [0.4, 0.5) is 0 Å². The van der Waals surface area contributed by atoms with Crippen LogP contribution in [-0.2, 0) is 17.7 Å². The first-order valence-electron chi connectivity index (χ1n) is 14.2. The van der Waals surface area contributed by atoms with Gasteiger partial charge in [0.1, 0.15) is 12.7 Å². The van der Waals surface area contributed by atoms with Crippen LogP contribution in [0.5, 0.6) is 23.0 Å². The van der Waals surface area contributed by atoms with Crippen LogP contribution in [0.25, 0.3) is 0 Å². The zero-order chi connectivity index (χ0) is 31.2. The Kier molecular flexibility index (Phi) is 14.2. The number of hydrogen-bond acceptors (Lipinski definition) is 10. The van der Waals surface area contributed by atoms with E-state index in [4.69, 9.17) is 29.0 Å². The van der Waals surface area contributed by atoms with Crippen LogP contribution in [0.15, 0.2) is 36.4 Å². The zero-order valence-corrected chi connectivity index (χ0v) is 26.2. The third-order valence-electron chi connectivity index (χ3n) is 7.00. The summed E-state index contributed by atoms with van der Waals surface area (Å²) in [6.07, 6.45) is 1.10. The summed E-state index contributed by atoms with van der Waals surface area (Å²) in [4.78, 5) is 19.8. The maximum Gasteiger partial charge on any atom is 0.294 e. The molecule has 0 saturated heterocycles. The van der Waals surface area contributed by atoms with E-state index in [1.807, 2.05) is 50.5 Å². The smallest absolute Gasteiger partial charge is 0.294 e. The molecule has 2 aromatic rings. The van der Waals surface area contributed by atoms with E-state index >= 15 is 0 Å². The SMILES string of the molecule is CCC(C(Oc1ccc(CC#N)cc1OC)C(C)C)N(C)CCc1ccc(OC)c(OCC(CN(C)C)O[N+](=O)[O-])c1. The molecular formula is C31H46N4O7. The van der Waals surface area contributed by atoms with Crippen molar-refractivity contribution in [1.29, 1.82) is 5.26 Å². The molecule has 2 aromatic carbocycles. The molecule has 0 spiro atoms.